The lowest BCUT2D eigenvalue weighted by Gasteiger charge is -2.31. The number of hydrogen-bond donors (Lipinski definition) is 1. The van der Waals surface area contributed by atoms with Crippen LogP contribution in [0, 0.1) is 17.0 Å². The molecule has 35 heavy (non-hydrogen) atoms. The first-order valence-corrected chi connectivity index (χ1v) is 12.3. The van der Waals surface area contributed by atoms with E-state index in [0.717, 1.165) is 17.8 Å². The van der Waals surface area contributed by atoms with E-state index >= 15 is 0 Å². The summed E-state index contributed by atoms with van der Waals surface area (Å²) in [6.07, 6.45) is 4.97. The molecule has 1 fully saturated rings. The summed E-state index contributed by atoms with van der Waals surface area (Å²) >= 11 is 1.67. The van der Waals surface area contributed by atoms with Gasteiger partial charge in [0.1, 0.15) is 10.7 Å². The fourth-order valence-corrected chi connectivity index (χ4v) is 4.80. The van der Waals surface area contributed by atoms with Gasteiger partial charge in [0.2, 0.25) is 5.91 Å². The number of aryl methyl sites for hydroxylation is 1. The Morgan fingerprint density at radius 1 is 1.26 bits per heavy atom. The molecule has 0 aliphatic carbocycles. The second-order valence-corrected chi connectivity index (χ2v) is 9.37. The van der Waals surface area contributed by atoms with Crippen LogP contribution in [0.3, 0.4) is 0 Å². The molecule has 0 atom stereocenters. The van der Waals surface area contributed by atoms with Gasteiger partial charge in [0.15, 0.2) is 0 Å². The van der Waals surface area contributed by atoms with Crippen molar-refractivity contribution in [1.82, 2.24) is 15.2 Å². The fourth-order valence-electron chi connectivity index (χ4n) is 4.09. The molecule has 1 aliphatic rings. The van der Waals surface area contributed by atoms with Crippen molar-refractivity contribution < 1.29 is 18.9 Å². The second kappa shape index (κ2) is 11.1. The second-order valence-electron chi connectivity index (χ2n) is 8.34. The first-order valence-electron chi connectivity index (χ1n) is 11.4. The van der Waals surface area contributed by atoms with Crippen LogP contribution in [0.4, 0.5) is 5.88 Å². The molecule has 182 valence electrons. The topological polar surface area (TPSA) is 119 Å². The molecule has 4 rings (SSSR count). The van der Waals surface area contributed by atoms with Gasteiger partial charge >= 0.3 is 5.88 Å². The number of likely N-dealkylation sites (tertiary alicyclic amines) is 1. The van der Waals surface area contributed by atoms with Gasteiger partial charge in [-0.1, -0.05) is 6.07 Å². The van der Waals surface area contributed by atoms with Gasteiger partial charge in [-0.3, -0.25) is 24.7 Å². The molecule has 0 spiro atoms. The van der Waals surface area contributed by atoms with E-state index in [0.29, 0.717) is 38.0 Å². The molecule has 4 heterocycles. The summed E-state index contributed by atoms with van der Waals surface area (Å²) in [6, 6.07) is 10.4. The number of carbonyl (C=O) groups is 2. The van der Waals surface area contributed by atoms with Crippen LogP contribution in [-0.4, -0.2) is 46.3 Å². The molecule has 10 heteroatoms. The molecule has 0 unspecified atom stereocenters. The van der Waals surface area contributed by atoms with Gasteiger partial charge in [0.05, 0.1) is 17.3 Å². The van der Waals surface area contributed by atoms with E-state index in [2.05, 4.69) is 11.4 Å². The number of pyridine rings is 1. The lowest BCUT2D eigenvalue weighted by molar-refractivity contribution is -0.402. The van der Waals surface area contributed by atoms with Crippen molar-refractivity contribution in [2.75, 3.05) is 19.6 Å². The number of nitrogens with zero attached hydrogens (tertiary/aromatic N) is 3. The zero-order chi connectivity index (χ0) is 24.8. The zero-order valence-corrected chi connectivity index (χ0v) is 20.1. The van der Waals surface area contributed by atoms with E-state index in [9.17, 15) is 19.7 Å². The quantitative estimate of drug-likeness (QED) is 0.283. The Morgan fingerprint density at radius 3 is 2.74 bits per heavy atom. The number of piperidine rings is 1. The summed E-state index contributed by atoms with van der Waals surface area (Å²) < 4.78 is 5.05. The summed E-state index contributed by atoms with van der Waals surface area (Å²) in [7, 11) is 0. The molecule has 1 aliphatic heterocycles. The van der Waals surface area contributed by atoms with E-state index in [-0.39, 0.29) is 29.4 Å². The average Bonchev–Trinajstić information content (AvgIpc) is 3.55. The first-order chi connectivity index (χ1) is 16.9. The molecule has 2 amide bonds. The molecule has 0 aromatic carbocycles. The third-order valence-corrected chi connectivity index (χ3v) is 6.86. The van der Waals surface area contributed by atoms with Crippen molar-refractivity contribution in [3.05, 3.63) is 85.6 Å². The van der Waals surface area contributed by atoms with E-state index in [4.69, 9.17) is 9.40 Å². The van der Waals surface area contributed by atoms with Crippen molar-refractivity contribution in [2.24, 2.45) is 0 Å². The monoisotopic (exact) mass is 494 g/mol. The maximum atomic E-state index is 12.9. The fraction of sp³-hybridized carbons (Fsp3) is 0.320. The average molecular weight is 495 g/mol. The normalized spacial score (nSPS) is 14.4. The maximum Gasteiger partial charge on any atom is 0.433 e. The Kier molecular flexibility index (Phi) is 7.71. The van der Waals surface area contributed by atoms with Crippen LogP contribution >= 0.6 is 11.3 Å². The van der Waals surface area contributed by atoms with Crippen molar-refractivity contribution in [3.63, 3.8) is 0 Å². The number of nitro groups is 1. The highest BCUT2D eigenvalue weighted by molar-refractivity contribution is 7.09. The van der Waals surface area contributed by atoms with Gasteiger partial charge in [0.25, 0.3) is 5.91 Å². The summed E-state index contributed by atoms with van der Waals surface area (Å²) in [5.74, 6) is -0.355. The Balaban J connectivity index is 1.35. The highest BCUT2D eigenvalue weighted by Gasteiger charge is 2.27. The third kappa shape index (κ3) is 6.21. The van der Waals surface area contributed by atoms with Gasteiger partial charge in [-0.05, 0) is 61.9 Å². The number of nitrogens with one attached hydrogen (secondary N) is 1. The van der Waals surface area contributed by atoms with E-state index in [1.54, 1.807) is 16.2 Å². The number of rotatable bonds is 8. The molecule has 0 saturated carbocycles. The van der Waals surface area contributed by atoms with E-state index in [1.807, 2.05) is 30.5 Å². The van der Waals surface area contributed by atoms with Crippen molar-refractivity contribution in [1.29, 1.82) is 0 Å². The highest BCUT2D eigenvalue weighted by Crippen LogP contribution is 2.30. The lowest BCUT2D eigenvalue weighted by atomic mass is 9.89. The zero-order valence-electron chi connectivity index (χ0n) is 19.3. The smallest absolute Gasteiger partial charge is 0.401 e. The number of hydrogen-bond acceptors (Lipinski definition) is 7. The molecule has 0 bridgehead atoms. The SMILES string of the molecule is Cc1ccc(C(=O)NCCc2cccs2)c(C2CCN(C(=O)C=Cc3ccc([N+](=O)[O-])o3)CC2)n1. The summed E-state index contributed by atoms with van der Waals surface area (Å²) in [6.45, 7) is 3.53. The largest absolute Gasteiger partial charge is 0.433 e. The van der Waals surface area contributed by atoms with Gasteiger partial charge in [-0.15, -0.1) is 11.3 Å². The van der Waals surface area contributed by atoms with Crippen LogP contribution in [0.25, 0.3) is 6.08 Å². The minimum absolute atomic E-state index is 0.0775. The number of furan rings is 1. The lowest BCUT2D eigenvalue weighted by Crippen LogP contribution is -2.37. The first kappa shape index (κ1) is 24.3. The van der Waals surface area contributed by atoms with Gasteiger partial charge in [-0.2, -0.15) is 0 Å². The predicted octanol–water partition coefficient (Wildman–Crippen LogP) is 4.34. The van der Waals surface area contributed by atoms with Crippen LogP contribution < -0.4 is 5.32 Å². The molecule has 0 radical (unpaired) electrons. The van der Waals surface area contributed by atoms with E-state index < -0.39 is 4.92 Å². The third-order valence-electron chi connectivity index (χ3n) is 5.92. The van der Waals surface area contributed by atoms with Gasteiger partial charge in [0, 0.05) is 42.2 Å². The summed E-state index contributed by atoms with van der Waals surface area (Å²) in [5, 5.41) is 15.7. The van der Waals surface area contributed by atoms with Crippen LogP contribution in [0.1, 0.15) is 51.1 Å². The Bertz CT molecular complexity index is 1230. The molecule has 9 nitrogen and oxygen atoms in total. The van der Waals surface area contributed by atoms with Gasteiger partial charge in [-0.25, -0.2) is 0 Å². The molecule has 3 aromatic heterocycles. The minimum Gasteiger partial charge on any atom is -0.401 e. The van der Waals surface area contributed by atoms with E-state index in [1.165, 1.54) is 29.2 Å². The molecule has 3 aromatic rings. The van der Waals surface area contributed by atoms with Crippen LogP contribution in [0.15, 0.2) is 52.3 Å². The van der Waals surface area contributed by atoms with Crippen molar-refractivity contribution in [2.45, 2.75) is 32.1 Å². The van der Waals surface area contributed by atoms with Crippen molar-refractivity contribution >= 4 is 35.1 Å². The summed E-state index contributed by atoms with van der Waals surface area (Å²) in [5.41, 5.74) is 2.22. The Morgan fingerprint density at radius 2 is 2.06 bits per heavy atom. The maximum absolute atomic E-state index is 12.9. The number of carbonyl (C=O) groups excluding carboxylic acids is 2. The number of aromatic nitrogens is 1. The number of amides is 2. The van der Waals surface area contributed by atoms with Gasteiger partial charge < -0.3 is 14.6 Å². The van der Waals surface area contributed by atoms with Crippen molar-refractivity contribution in [3.8, 4) is 0 Å². The Hall–Kier alpha value is -3.79. The van der Waals surface area contributed by atoms with Crippen LogP contribution in [0.5, 0.6) is 0 Å². The molecule has 1 N–H and O–H groups in total. The van der Waals surface area contributed by atoms with Crippen LogP contribution in [-0.2, 0) is 11.2 Å². The van der Waals surface area contributed by atoms with Crippen LogP contribution in [0.2, 0.25) is 0 Å². The minimum atomic E-state index is -0.623. The molecule has 1 saturated heterocycles. The number of thiophene rings is 1. The molecular formula is C25H26N4O5S. The highest BCUT2D eigenvalue weighted by atomic mass is 32.1. The predicted molar refractivity (Wildman–Crippen MR) is 132 cm³/mol. The summed E-state index contributed by atoms with van der Waals surface area (Å²) in [4.78, 5) is 43.2. The Labute approximate surface area is 206 Å². The standard InChI is InChI=1S/C25H26N4O5S/c1-17-4-7-21(25(31)26-13-10-20-3-2-16-35-20)24(27-17)18-11-14-28(15-12-18)22(30)8-5-19-6-9-23(34-19)29(32)33/h2-9,16,18H,10-15H2,1H3,(H,26,31). The molecular weight excluding hydrogens is 468 g/mol.